The van der Waals surface area contributed by atoms with Gasteiger partial charge in [-0.05, 0) is 120 Å². The fourth-order valence-electron chi connectivity index (χ4n) is 10.1. The second kappa shape index (κ2) is 17.8. The number of aromatic nitrogens is 10. The van der Waals surface area contributed by atoms with Gasteiger partial charge in [0, 0.05) is 91.1 Å². The lowest BCUT2D eigenvalue weighted by molar-refractivity contribution is 1.07. The lowest BCUT2D eigenvalue weighted by Gasteiger charge is -2.11. The van der Waals surface area contributed by atoms with Crippen molar-refractivity contribution in [1.29, 1.82) is 0 Å². The van der Waals surface area contributed by atoms with Crippen LogP contribution in [0.1, 0.15) is 0 Å². The fourth-order valence-corrected chi connectivity index (χ4v) is 10.1. The van der Waals surface area contributed by atoms with Crippen LogP contribution in [0.3, 0.4) is 0 Å². The summed E-state index contributed by atoms with van der Waals surface area (Å²) in [6.45, 7) is 0. The van der Waals surface area contributed by atoms with Crippen molar-refractivity contribution in [3.63, 3.8) is 0 Å². The smallest absolute Gasteiger partial charge is 0.164 e. The zero-order valence-corrected chi connectivity index (χ0v) is 39.6. The third-order valence-corrected chi connectivity index (χ3v) is 13.7. The molecule has 0 atom stereocenters. The molecule has 6 aromatic heterocycles. The maximum atomic E-state index is 4.96. The maximum absolute atomic E-state index is 4.96. The number of hydrogen-bond acceptors (Lipinski definition) is 8. The molecule has 0 amide bonds. The van der Waals surface area contributed by atoms with Gasteiger partial charge in [0.15, 0.2) is 34.9 Å². The van der Waals surface area contributed by atoms with Crippen LogP contribution in [0.4, 0.5) is 0 Å². The van der Waals surface area contributed by atoms with Crippen molar-refractivity contribution < 1.29 is 0 Å². The van der Waals surface area contributed by atoms with Crippen LogP contribution in [0.25, 0.3) is 134 Å². The highest BCUT2D eigenvalue weighted by Gasteiger charge is 2.19. The van der Waals surface area contributed by atoms with Crippen molar-refractivity contribution >= 4 is 43.6 Å². The van der Waals surface area contributed by atoms with Crippen LogP contribution >= 0.6 is 0 Å². The largest absolute Gasteiger partial charge is 0.309 e. The summed E-state index contributed by atoms with van der Waals surface area (Å²) in [5.41, 5.74) is 14.3. The first-order valence-electron chi connectivity index (χ1n) is 24.4. The van der Waals surface area contributed by atoms with Crippen LogP contribution in [-0.2, 0) is 0 Å². The minimum Gasteiger partial charge on any atom is -0.309 e. The van der Waals surface area contributed by atoms with Gasteiger partial charge in [-0.3, -0.25) is 9.97 Å². The molecule has 0 radical (unpaired) electrons. The van der Waals surface area contributed by atoms with Gasteiger partial charge in [-0.15, -0.1) is 0 Å². The van der Waals surface area contributed by atoms with Gasteiger partial charge in [0.2, 0.25) is 0 Å². The first-order valence-corrected chi connectivity index (χ1v) is 24.4. The standard InChI is InChI=1S/C64H40N10/c1-3-11-41(12-4-1)59-67-61(71-63(69-59)45-31-35-65-36-32-45)43-19-25-49(26-20-43)73-55-17-9-7-15-51(55)53-39-47(23-29-57(53)73)48-24-30-58-54(40-48)52-16-8-10-18-56(52)74(58)50-27-21-44(22-28-50)62-68-60(42-13-5-2-6-14-42)70-64(72-62)46-33-37-66-38-34-46/h1-40H. The Hall–Kier alpha value is -10.3. The van der Waals surface area contributed by atoms with Gasteiger partial charge >= 0.3 is 0 Å². The van der Waals surface area contributed by atoms with E-state index in [0.717, 1.165) is 77.9 Å². The second-order valence-corrected chi connectivity index (χ2v) is 18.1. The minimum atomic E-state index is 0.598. The normalized spacial score (nSPS) is 11.5. The average Bonchev–Trinajstić information content (AvgIpc) is 4.02. The Labute approximate surface area is 424 Å². The van der Waals surface area contributed by atoms with Gasteiger partial charge in [-0.1, -0.05) is 109 Å². The molecule has 0 aliphatic rings. The summed E-state index contributed by atoms with van der Waals surface area (Å²) in [6.07, 6.45) is 7.03. The number of benzene rings is 8. The molecule has 0 N–H and O–H groups in total. The first-order chi connectivity index (χ1) is 36.7. The lowest BCUT2D eigenvalue weighted by atomic mass is 10.0. The maximum Gasteiger partial charge on any atom is 0.164 e. The van der Waals surface area contributed by atoms with Gasteiger partial charge in [-0.2, -0.15) is 0 Å². The number of nitrogens with zero attached hydrogens (tertiary/aromatic N) is 10. The summed E-state index contributed by atoms with van der Waals surface area (Å²) < 4.78 is 4.68. The van der Waals surface area contributed by atoms with E-state index in [0.29, 0.717) is 34.9 Å². The van der Waals surface area contributed by atoms with Crippen molar-refractivity contribution in [2.45, 2.75) is 0 Å². The lowest BCUT2D eigenvalue weighted by Crippen LogP contribution is -2.00. The summed E-state index contributed by atoms with van der Waals surface area (Å²) in [7, 11) is 0. The Kier molecular flexibility index (Phi) is 10.2. The Morgan fingerprint density at radius 1 is 0.216 bits per heavy atom. The van der Waals surface area contributed by atoms with Gasteiger partial charge in [-0.25, -0.2) is 29.9 Å². The number of rotatable bonds is 9. The van der Waals surface area contributed by atoms with Crippen molar-refractivity contribution in [3.8, 4) is 90.8 Å². The summed E-state index contributed by atoms with van der Waals surface area (Å²) >= 11 is 0. The molecular weight excluding hydrogens is 909 g/mol. The number of fused-ring (bicyclic) bond motifs is 6. The monoisotopic (exact) mass is 948 g/mol. The van der Waals surface area contributed by atoms with Crippen molar-refractivity contribution in [2.24, 2.45) is 0 Å². The van der Waals surface area contributed by atoms with Gasteiger partial charge in [0.05, 0.1) is 22.1 Å². The van der Waals surface area contributed by atoms with Gasteiger partial charge in [0.25, 0.3) is 0 Å². The van der Waals surface area contributed by atoms with Crippen molar-refractivity contribution in [1.82, 2.24) is 49.0 Å². The van der Waals surface area contributed by atoms with Gasteiger partial charge in [0.1, 0.15) is 0 Å². The van der Waals surface area contributed by atoms with E-state index in [1.165, 1.54) is 21.5 Å². The predicted molar refractivity (Wildman–Crippen MR) is 296 cm³/mol. The van der Waals surface area contributed by atoms with E-state index in [9.17, 15) is 0 Å². The molecule has 14 aromatic rings. The summed E-state index contributed by atoms with van der Waals surface area (Å²) in [6, 6.07) is 75.7. The third kappa shape index (κ3) is 7.53. The molecule has 10 heteroatoms. The number of para-hydroxylation sites is 2. The van der Waals surface area contributed by atoms with E-state index in [1.807, 2.05) is 84.9 Å². The quantitative estimate of drug-likeness (QED) is 0.141. The molecule has 0 bridgehead atoms. The van der Waals surface area contributed by atoms with E-state index < -0.39 is 0 Å². The van der Waals surface area contributed by atoms with E-state index >= 15 is 0 Å². The van der Waals surface area contributed by atoms with Crippen LogP contribution in [0.5, 0.6) is 0 Å². The molecule has 0 unspecified atom stereocenters. The summed E-state index contributed by atoms with van der Waals surface area (Å²) in [4.78, 5) is 38.0. The number of pyridine rings is 2. The second-order valence-electron chi connectivity index (χ2n) is 18.1. The Balaban J connectivity index is 0.814. The highest BCUT2D eigenvalue weighted by Crippen LogP contribution is 2.39. The van der Waals surface area contributed by atoms with Crippen LogP contribution in [0.2, 0.25) is 0 Å². The zero-order chi connectivity index (χ0) is 49.0. The predicted octanol–water partition coefficient (Wildman–Crippen LogP) is 14.7. The molecule has 8 aromatic carbocycles. The summed E-state index contributed by atoms with van der Waals surface area (Å²) in [5.74, 6) is 3.64. The first kappa shape index (κ1) is 42.5. The Morgan fingerprint density at radius 2 is 0.500 bits per heavy atom. The van der Waals surface area contributed by atoms with Crippen molar-refractivity contribution in [3.05, 3.63) is 243 Å². The van der Waals surface area contributed by atoms with E-state index in [2.05, 4.69) is 153 Å². The average molecular weight is 949 g/mol. The van der Waals surface area contributed by atoms with Crippen LogP contribution in [0, 0.1) is 0 Å². The molecule has 0 fully saturated rings. The van der Waals surface area contributed by atoms with Crippen LogP contribution in [0.15, 0.2) is 243 Å². The molecule has 10 nitrogen and oxygen atoms in total. The minimum absolute atomic E-state index is 0.598. The summed E-state index contributed by atoms with van der Waals surface area (Å²) in [5, 5.41) is 4.73. The van der Waals surface area contributed by atoms with E-state index in [4.69, 9.17) is 29.9 Å². The highest BCUT2D eigenvalue weighted by atomic mass is 15.0. The van der Waals surface area contributed by atoms with Crippen molar-refractivity contribution in [2.75, 3.05) is 0 Å². The SMILES string of the molecule is c1ccc(-c2nc(-c3ccncc3)nc(-c3ccc(-n4c5ccccc5c5cc(-c6ccc7c(c6)c6ccccc6n7-c6ccc(-c7nc(-c8ccccc8)nc(-c8ccncc8)n7)cc6)ccc54)cc3)n2)cc1. The molecule has 0 saturated carbocycles. The van der Waals surface area contributed by atoms with Crippen LogP contribution in [-0.4, -0.2) is 49.0 Å². The van der Waals surface area contributed by atoms with E-state index in [1.54, 1.807) is 24.8 Å². The Morgan fingerprint density at radius 3 is 0.865 bits per heavy atom. The molecule has 0 aliphatic carbocycles. The molecule has 346 valence electrons. The topological polar surface area (TPSA) is 113 Å². The molecule has 14 rings (SSSR count). The molecule has 74 heavy (non-hydrogen) atoms. The van der Waals surface area contributed by atoms with Crippen LogP contribution < -0.4 is 0 Å². The third-order valence-electron chi connectivity index (χ3n) is 13.7. The highest BCUT2D eigenvalue weighted by molar-refractivity contribution is 6.12. The molecular formula is C64H40N10. The number of hydrogen-bond donors (Lipinski definition) is 0. The van der Waals surface area contributed by atoms with Gasteiger partial charge < -0.3 is 9.13 Å². The zero-order valence-electron chi connectivity index (χ0n) is 39.6. The molecule has 0 saturated heterocycles. The Bertz CT molecular complexity index is 3990. The molecule has 0 spiro atoms. The fraction of sp³-hybridized carbons (Fsp3) is 0. The van der Waals surface area contributed by atoms with E-state index in [-0.39, 0.29) is 0 Å². The molecule has 6 heterocycles. The molecule has 0 aliphatic heterocycles.